The number of benzene rings is 1. The predicted molar refractivity (Wildman–Crippen MR) is 73.7 cm³/mol. The van der Waals surface area contributed by atoms with Crippen LogP contribution < -0.4 is 0 Å². The van der Waals surface area contributed by atoms with Crippen LogP contribution in [0.25, 0.3) is 0 Å². The molecule has 1 heterocycles. The van der Waals surface area contributed by atoms with E-state index in [1.807, 2.05) is 0 Å². The number of carbonyl (C=O) groups excluding carboxylic acids is 2. The van der Waals surface area contributed by atoms with Crippen molar-refractivity contribution in [1.82, 2.24) is 4.90 Å². The molecule has 0 aliphatic carbocycles. The lowest BCUT2D eigenvalue weighted by molar-refractivity contribution is -0.384. The fraction of sp³-hybridized carbons (Fsp3) is 0.429. The Morgan fingerprint density at radius 1 is 1.33 bits per heavy atom. The second-order valence-corrected chi connectivity index (χ2v) is 4.92. The average Bonchev–Trinajstić information content (AvgIpc) is 2.53. The van der Waals surface area contributed by atoms with E-state index in [0.717, 1.165) is 6.42 Å². The Labute approximate surface area is 121 Å². The van der Waals surface area contributed by atoms with Gasteiger partial charge in [0.15, 0.2) is 0 Å². The summed E-state index contributed by atoms with van der Waals surface area (Å²) in [6, 6.07) is 5.47. The molecule has 1 unspecified atom stereocenters. The van der Waals surface area contributed by atoms with Gasteiger partial charge in [-0.3, -0.25) is 19.7 Å². The van der Waals surface area contributed by atoms with Crippen LogP contribution in [0.4, 0.5) is 5.69 Å². The Bertz CT molecular complexity index is 555. The number of hydrogen-bond donors (Lipinski definition) is 0. The minimum absolute atomic E-state index is 0.0577. The number of likely N-dealkylation sites (tertiary alicyclic amines) is 1. The largest absolute Gasteiger partial charge is 0.469 e. The number of ether oxygens (including phenoxy) is 1. The van der Waals surface area contributed by atoms with Gasteiger partial charge < -0.3 is 9.64 Å². The van der Waals surface area contributed by atoms with Gasteiger partial charge in [0.05, 0.1) is 18.0 Å². The number of non-ortho nitro benzene ring substituents is 1. The number of nitro benzene ring substituents is 1. The number of nitro groups is 1. The Balaban J connectivity index is 2.08. The summed E-state index contributed by atoms with van der Waals surface area (Å²) >= 11 is 0. The van der Waals surface area contributed by atoms with Crippen LogP contribution in [0.2, 0.25) is 0 Å². The first-order valence-corrected chi connectivity index (χ1v) is 6.64. The first-order chi connectivity index (χ1) is 10.0. The molecule has 7 nitrogen and oxygen atoms in total. The highest BCUT2D eigenvalue weighted by atomic mass is 16.6. The third kappa shape index (κ3) is 3.36. The minimum Gasteiger partial charge on any atom is -0.469 e. The zero-order chi connectivity index (χ0) is 15.4. The monoisotopic (exact) mass is 292 g/mol. The molecular formula is C14H16N2O5. The predicted octanol–water partition coefficient (Wildman–Crippen LogP) is 1.62. The maximum Gasteiger partial charge on any atom is 0.310 e. The van der Waals surface area contributed by atoms with Gasteiger partial charge in [0, 0.05) is 30.8 Å². The third-order valence-corrected chi connectivity index (χ3v) is 3.57. The number of amides is 1. The van der Waals surface area contributed by atoms with E-state index in [9.17, 15) is 19.7 Å². The van der Waals surface area contributed by atoms with Gasteiger partial charge in [-0.05, 0) is 25.0 Å². The van der Waals surface area contributed by atoms with Crippen molar-refractivity contribution in [3.8, 4) is 0 Å². The summed E-state index contributed by atoms with van der Waals surface area (Å²) in [6.07, 6.45) is 1.44. The molecule has 1 fully saturated rings. The molecule has 1 aliphatic rings. The lowest BCUT2D eigenvalue weighted by Gasteiger charge is -2.31. The summed E-state index contributed by atoms with van der Waals surface area (Å²) in [6.45, 7) is 0.895. The van der Waals surface area contributed by atoms with Crippen LogP contribution in [-0.4, -0.2) is 41.9 Å². The molecule has 0 aromatic heterocycles. The molecule has 1 atom stereocenters. The van der Waals surface area contributed by atoms with E-state index < -0.39 is 4.92 Å². The molecule has 0 N–H and O–H groups in total. The molecule has 112 valence electrons. The van der Waals surface area contributed by atoms with Crippen LogP contribution in [0.15, 0.2) is 24.3 Å². The molecular weight excluding hydrogens is 276 g/mol. The van der Waals surface area contributed by atoms with Gasteiger partial charge in [0.2, 0.25) is 0 Å². The SMILES string of the molecule is COC(=O)C1CCCN(C(=O)c2ccc([N+](=O)[O-])cc2)C1. The first-order valence-electron chi connectivity index (χ1n) is 6.64. The van der Waals surface area contributed by atoms with E-state index in [1.165, 1.54) is 31.4 Å². The Morgan fingerprint density at radius 2 is 2.00 bits per heavy atom. The van der Waals surface area contributed by atoms with Crippen LogP contribution >= 0.6 is 0 Å². The molecule has 0 spiro atoms. The Hall–Kier alpha value is -2.44. The van der Waals surface area contributed by atoms with E-state index in [0.29, 0.717) is 25.1 Å². The fourth-order valence-corrected chi connectivity index (χ4v) is 2.43. The molecule has 1 aromatic carbocycles. The number of rotatable bonds is 3. The molecule has 0 radical (unpaired) electrons. The van der Waals surface area contributed by atoms with Crippen LogP contribution in [0.3, 0.4) is 0 Å². The van der Waals surface area contributed by atoms with Crippen molar-refractivity contribution in [1.29, 1.82) is 0 Å². The minimum atomic E-state index is -0.511. The van der Waals surface area contributed by atoms with E-state index in [2.05, 4.69) is 0 Å². The molecule has 1 saturated heterocycles. The molecule has 1 amide bonds. The van der Waals surface area contributed by atoms with Crippen LogP contribution in [-0.2, 0) is 9.53 Å². The van der Waals surface area contributed by atoms with Crippen LogP contribution in [0.1, 0.15) is 23.2 Å². The van der Waals surface area contributed by atoms with Crippen molar-refractivity contribution in [2.24, 2.45) is 5.92 Å². The quantitative estimate of drug-likeness (QED) is 0.479. The highest BCUT2D eigenvalue weighted by Crippen LogP contribution is 2.20. The third-order valence-electron chi connectivity index (χ3n) is 3.57. The zero-order valence-corrected chi connectivity index (χ0v) is 11.7. The second-order valence-electron chi connectivity index (χ2n) is 4.92. The topological polar surface area (TPSA) is 89.8 Å². The molecule has 2 rings (SSSR count). The lowest BCUT2D eigenvalue weighted by Crippen LogP contribution is -2.42. The van der Waals surface area contributed by atoms with Crippen LogP contribution in [0, 0.1) is 16.0 Å². The molecule has 1 aromatic rings. The van der Waals surface area contributed by atoms with Gasteiger partial charge in [0.1, 0.15) is 0 Å². The molecule has 0 saturated carbocycles. The van der Waals surface area contributed by atoms with E-state index in [1.54, 1.807) is 4.90 Å². The van der Waals surface area contributed by atoms with Crippen molar-refractivity contribution in [3.05, 3.63) is 39.9 Å². The summed E-state index contributed by atoms with van der Waals surface area (Å²) in [5.74, 6) is -0.833. The van der Waals surface area contributed by atoms with Gasteiger partial charge in [0.25, 0.3) is 11.6 Å². The van der Waals surface area contributed by atoms with Gasteiger partial charge in [-0.15, -0.1) is 0 Å². The van der Waals surface area contributed by atoms with Gasteiger partial charge >= 0.3 is 5.97 Å². The number of nitrogens with zero attached hydrogens (tertiary/aromatic N) is 2. The number of carbonyl (C=O) groups is 2. The second kappa shape index (κ2) is 6.34. The van der Waals surface area contributed by atoms with E-state index in [-0.39, 0.29) is 23.5 Å². The normalized spacial score (nSPS) is 18.1. The molecule has 21 heavy (non-hydrogen) atoms. The Morgan fingerprint density at radius 3 is 2.57 bits per heavy atom. The smallest absolute Gasteiger partial charge is 0.310 e. The fourth-order valence-electron chi connectivity index (χ4n) is 2.43. The highest BCUT2D eigenvalue weighted by molar-refractivity contribution is 5.94. The van der Waals surface area contributed by atoms with Crippen molar-refractivity contribution >= 4 is 17.6 Å². The maximum absolute atomic E-state index is 12.3. The molecule has 0 bridgehead atoms. The lowest BCUT2D eigenvalue weighted by atomic mass is 9.97. The van der Waals surface area contributed by atoms with Crippen LogP contribution in [0.5, 0.6) is 0 Å². The summed E-state index contributed by atoms with van der Waals surface area (Å²) in [4.78, 5) is 35.6. The Kier molecular flexibility index (Phi) is 4.52. The highest BCUT2D eigenvalue weighted by Gasteiger charge is 2.29. The number of esters is 1. The summed E-state index contributed by atoms with van der Waals surface area (Å²) in [7, 11) is 1.33. The number of methoxy groups -OCH3 is 1. The van der Waals surface area contributed by atoms with Crippen molar-refractivity contribution in [2.75, 3.05) is 20.2 Å². The standard InChI is InChI=1S/C14H16N2O5/c1-21-14(18)11-3-2-8-15(9-11)13(17)10-4-6-12(7-5-10)16(19)20/h4-7,11H,2-3,8-9H2,1H3. The summed E-state index contributed by atoms with van der Waals surface area (Å²) < 4.78 is 4.71. The van der Waals surface area contributed by atoms with Crippen molar-refractivity contribution < 1.29 is 19.2 Å². The average molecular weight is 292 g/mol. The first kappa shape index (κ1) is 15.0. The number of hydrogen-bond acceptors (Lipinski definition) is 5. The summed E-state index contributed by atoms with van der Waals surface area (Å²) in [5, 5.41) is 10.6. The van der Waals surface area contributed by atoms with Gasteiger partial charge in [-0.2, -0.15) is 0 Å². The van der Waals surface area contributed by atoms with E-state index in [4.69, 9.17) is 4.74 Å². The summed E-state index contributed by atoms with van der Waals surface area (Å²) in [5.41, 5.74) is 0.323. The maximum atomic E-state index is 12.3. The zero-order valence-electron chi connectivity index (χ0n) is 11.7. The van der Waals surface area contributed by atoms with Crippen molar-refractivity contribution in [3.63, 3.8) is 0 Å². The van der Waals surface area contributed by atoms with Crippen molar-refractivity contribution in [2.45, 2.75) is 12.8 Å². The van der Waals surface area contributed by atoms with Gasteiger partial charge in [-0.25, -0.2) is 0 Å². The molecule has 1 aliphatic heterocycles. The van der Waals surface area contributed by atoms with Gasteiger partial charge in [-0.1, -0.05) is 0 Å². The number of piperidine rings is 1. The molecule has 7 heteroatoms. The van der Waals surface area contributed by atoms with E-state index >= 15 is 0 Å².